The molecule has 0 bridgehead atoms. The Balaban J connectivity index is 1.00. The molecule has 258 valence electrons. The van der Waals surface area contributed by atoms with Crippen molar-refractivity contribution in [1.29, 1.82) is 0 Å². The average Bonchev–Trinajstić information content (AvgIpc) is 4.03. The molecule has 4 heterocycles. The van der Waals surface area contributed by atoms with Crippen LogP contribution in [0.3, 0.4) is 0 Å². The van der Waals surface area contributed by atoms with Gasteiger partial charge in [-0.15, -0.1) is 0 Å². The van der Waals surface area contributed by atoms with E-state index in [0.29, 0.717) is 0 Å². The molecule has 6 nitrogen and oxygen atoms in total. The molecular formula is C48H36N6. The van der Waals surface area contributed by atoms with Gasteiger partial charge in [-0.25, -0.2) is 9.97 Å². The van der Waals surface area contributed by atoms with Gasteiger partial charge >= 0.3 is 0 Å². The van der Waals surface area contributed by atoms with Gasteiger partial charge in [-0.2, -0.15) is 0 Å². The number of H-pyrrole nitrogens is 2. The molecule has 10 aromatic rings. The van der Waals surface area contributed by atoms with Gasteiger partial charge in [0.2, 0.25) is 0 Å². The molecule has 0 unspecified atom stereocenters. The number of nitrogens with one attached hydrogen (secondary N) is 2. The van der Waals surface area contributed by atoms with E-state index in [9.17, 15) is 0 Å². The van der Waals surface area contributed by atoms with Crippen molar-refractivity contribution in [2.24, 2.45) is 14.1 Å². The zero-order chi connectivity index (χ0) is 36.2. The molecule has 0 atom stereocenters. The van der Waals surface area contributed by atoms with Crippen LogP contribution in [0.1, 0.15) is 0 Å². The van der Waals surface area contributed by atoms with Crippen molar-refractivity contribution in [3.05, 3.63) is 170 Å². The third kappa shape index (κ3) is 5.35. The van der Waals surface area contributed by atoms with Gasteiger partial charge in [-0.3, -0.25) is 0 Å². The van der Waals surface area contributed by atoms with E-state index in [0.717, 1.165) is 78.9 Å². The first-order valence-corrected chi connectivity index (χ1v) is 18.2. The first kappa shape index (κ1) is 31.5. The van der Waals surface area contributed by atoms with Crippen molar-refractivity contribution < 1.29 is 0 Å². The number of hydrogen-bond acceptors (Lipinski definition) is 2. The molecule has 0 saturated heterocycles. The number of hydrogen-bond donors (Lipinski definition) is 2. The molecular weight excluding hydrogens is 661 g/mol. The van der Waals surface area contributed by atoms with Crippen LogP contribution in [0.4, 0.5) is 0 Å². The summed E-state index contributed by atoms with van der Waals surface area (Å²) in [7, 11) is 4.17. The summed E-state index contributed by atoms with van der Waals surface area (Å²) < 4.78 is 4.32. The second-order valence-corrected chi connectivity index (χ2v) is 13.8. The number of rotatable bonds is 7. The number of aromatic nitrogens is 6. The second-order valence-electron chi connectivity index (χ2n) is 13.8. The maximum atomic E-state index is 5.23. The van der Waals surface area contributed by atoms with E-state index in [2.05, 4.69) is 191 Å². The van der Waals surface area contributed by atoms with Crippen molar-refractivity contribution in [2.45, 2.75) is 0 Å². The minimum Gasteiger partial charge on any atom is -0.350 e. The molecule has 54 heavy (non-hydrogen) atoms. The Kier molecular flexibility index (Phi) is 7.47. The molecule has 0 spiro atoms. The van der Waals surface area contributed by atoms with Crippen LogP contribution >= 0.6 is 0 Å². The minimum atomic E-state index is 0.858. The quantitative estimate of drug-likeness (QED) is 0.174. The lowest BCUT2D eigenvalue weighted by atomic mass is 9.98. The number of benzene rings is 6. The normalized spacial score (nSPS) is 11.5. The van der Waals surface area contributed by atoms with Crippen molar-refractivity contribution in [3.8, 4) is 78.9 Å². The lowest BCUT2D eigenvalue weighted by Crippen LogP contribution is -1.86. The fraction of sp³-hybridized carbons (Fsp3) is 0.0417. The Bertz CT molecular complexity index is 2720. The van der Waals surface area contributed by atoms with E-state index < -0.39 is 0 Å². The highest BCUT2D eigenvalue weighted by Crippen LogP contribution is 2.39. The van der Waals surface area contributed by atoms with Crippen LogP contribution in [0.5, 0.6) is 0 Å². The molecule has 6 heteroatoms. The highest BCUT2D eigenvalue weighted by Gasteiger charge is 2.20. The van der Waals surface area contributed by atoms with Gasteiger partial charge in [0, 0.05) is 81.7 Å². The highest BCUT2D eigenvalue weighted by molar-refractivity contribution is 5.97. The van der Waals surface area contributed by atoms with Gasteiger partial charge < -0.3 is 19.1 Å². The van der Waals surface area contributed by atoms with Crippen LogP contribution in [0.15, 0.2) is 170 Å². The molecule has 0 radical (unpaired) electrons. The van der Waals surface area contributed by atoms with Crippen LogP contribution < -0.4 is 0 Å². The molecule has 0 aliphatic rings. The van der Waals surface area contributed by atoms with Crippen molar-refractivity contribution >= 4 is 21.8 Å². The predicted octanol–water partition coefficient (Wildman–Crippen LogP) is 11.8. The van der Waals surface area contributed by atoms with Crippen molar-refractivity contribution in [3.63, 3.8) is 0 Å². The summed E-state index contributed by atoms with van der Waals surface area (Å²) >= 11 is 0. The number of nitrogens with zero attached hydrogens (tertiary/aromatic N) is 4. The van der Waals surface area contributed by atoms with E-state index in [1.54, 1.807) is 0 Å². The summed E-state index contributed by atoms with van der Waals surface area (Å²) in [6.45, 7) is 0. The van der Waals surface area contributed by atoms with Crippen LogP contribution in [-0.2, 0) is 14.1 Å². The van der Waals surface area contributed by atoms with Gasteiger partial charge in [0.1, 0.15) is 11.6 Å². The molecule has 0 saturated carbocycles. The average molecular weight is 697 g/mol. The maximum absolute atomic E-state index is 5.23. The van der Waals surface area contributed by atoms with E-state index in [-0.39, 0.29) is 0 Å². The lowest BCUT2D eigenvalue weighted by Gasteiger charge is -2.08. The second kappa shape index (κ2) is 12.8. The maximum Gasteiger partial charge on any atom is 0.140 e. The smallest absolute Gasteiger partial charge is 0.140 e. The van der Waals surface area contributed by atoms with Crippen LogP contribution in [-0.4, -0.2) is 29.1 Å². The summed E-state index contributed by atoms with van der Waals surface area (Å²) in [6, 6.07) is 55.3. The SMILES string of the molecule is Cn1cc(-c2nc(-c3ccc(-c4ccc(-c5[nH]c(-c6cn(C)c7ccccc67)nc5-c5ccccc5)cc4)cc3)c(-c3ccccc3)[nH]2)c2ccccc21. The van der Waals surface area contributed by atoms with E-state index >= 15 is 0 Å². The van der Waals surface area contributed by atoms with Crippen molar-refractivity contribution in [2.75, 3.05) is 0 Å². The van der Waals surface area contributed by atoms with Gasteiger partial charge in [-0.05, 0) is 23.3 Å². The number of fused-ring (bicyclic) bond motifs is 2. The third-order valence-electron chi connectivity index (χ3n) is 10.5. The molecule has 0 aliphatic carbocycles. The first-order chi connectivity index (χ1) is 26.6. The van der Waals surface area contributed by atoms with Crippen molar-refractivity contribution in [1.82, 2.24) is 29.1 Å². The molecule has 0 aliphatic heterocycles. The Morgan fingerprint density at radius 2 is 0.722 bits per heavy atom. The standard InChI is InChI=1S/C48H36N6/c1-53-29-39(37-17-9-11-19-41(37)53)47-49-43(33-13-5-3-6-14-33)45(51-47)35-25-21-31(22-26-35)32-23-27-36(28-24-32)46-44(34-15-7-4-8-16-34)50-48(52-46)40-30-54(2)42-20-12-10-18-38(40)42/h3-30H,1-2H3,(H,49,51)(H,50,52). The lowest BCUT2D eigenvalue weighted by molar-refractivity contribution is 0.969. The summed E-state index contributed by atoms with van der Waals surface area (Å²) in [4.78, 5) is 17.8. The highest BCUT2D eigenvalue weighted by atomic mass is 15.0. The largest absolute Gasteiger partial charge is 0.350 e. The number of aromatic amines is 2. The zero-order valence-electron chi connectivity index (χ0n) is 30.0. The third-order valence-corrected chi connectivity index (χ3v) is 10.5. The Hall–Kier alpha value is -7.18. The van der Waals surface area contributed by atoms with E-state index in [1.807, 2.05) is 12.1 Å². The van der Waals surface area contributed by atoms with Crippen LogP contribution in [0.2, 0.25) is 0 Å². The zero-order valence-corrected chi connectivity index (χ0v) is 30.0. The van der Waals surface area contributed by atoms with Gasteiger partial charge in [-0.1, -0.05) is 146 Å². The molecule has 6 aromatic carbocycles. The topological polar surface area (TPSA) is 67.2 Å². The first-order valence-electron chi connectivity index (χ1n) is 18.2. The number of para-hydroxylation sites is 2. The predicted molar refractivity (Wildman–Crippen MR) is 222 cm³/mol. The fourth-order valence-corrected chi connectivity index (χ4v) is 7.75. The monoisotopic (exact) mass is 696 g/mol. The molecule has 10 rings (SSSR count). The van der Waals surface area contributed by atoms with E-state index in [4.69, 9.17) is 9.97 Å². The Morgan fingerprint density at radius 3 is 1.20 bits per heavy atom. The number of imidazole rings is 2. The summed E-state index contributed by atoms with van der Waals surface area (Å²) in [5.41, 5.74) is 15.0. The fourth-order valence-electron chi connectivity index (χ4n) is 7.75. The minimum absolute atomic E-state index is 0.858. The molecule has 4 aromatic heterocycles. The van der Waals surface area contributed by atoms with Crippen LogP contribution in [0.25, 0.3) is 101 Å². The van der Waals surface area contributed by atoms with Crippen LogP contribution in [0, 0.1) is 0 Å². The number of aryl methyl sites for hydroxylation is 2. The summed E-state index contributed by atoms with van der Waals surface area (Å²) in [6.07, 6.45) is 4.32. The summed E-state index contributed by atoms with van der Waals surface area (Å²) in [5, 5.41) is 2.35. The van der Waals surface area contributed by atoms with Gasteiger partial charge in [0.25, 0.3) is 0 Å². The van der Waals surface area contributed by atoms with E-state index in [1.165, 1.54) is 21.8 Å². The molecule has 2 N–H and O–H groups in total. The van der Waals surface area contributed by atoms with Gasteiger partial charge in [0.15, 0.2) is 0 Å². The van der Waals surface area contributed by atoms with Gasteiger partial charge in [0.05, 0.1) is 22.8 Å². The Labute approximate surface area is 313 Å². The molecule has 0 amide bonds. The summed E-state index contributed by atoms with van der Waals surface area (Å²) in [5.74, 6) is 1.72. The molecule has 0 fully saturated rings. The Morgan fingerprint density at radius 1 is 0.370 bits per heavy atom.